The van der Waals surface area contributed by atoms with Gasteiger partial charge in [0.2, 0.25) is 5.91 Å². The Bertz CT molecular complexity index is 826. The average molecular weight is 368 g/mol. The molecule has 1 heterocycles. The van der Waals surface area contributed by atoms with Gasteiger partial charge in [0.25, 0.3) is 0 Å². The van der Waals surface area contributed by atoms with E-state index in [2.05, 4.69) is 56.5 Å². The van der Waals surface area contributed by atoms with Crippen LogP contribution in [0, 0.1) is 11.8 Å². The van der Waals surface area contributed by atoms with E-state index in [1.54, 1.807) is 0 Å². The number of amides is 1. The molecule has 3 aliphatic carbocycles. The highest BCUT2D eigenvalue weighted by Gasteiger charge is 2.93. The molecule has 5 rings (SSSR count). The van der Waals surface area contributed by atoms with Crippen LogP contribution in [0.3, 0.4) is 0 Å². The van der Waals surface area contributed by atoms with Crippen molar-refractivity contribution in [2.24, 2.45) is 17.6 Å². The zero-order chi connectivity index (χ0) is 17.8. The molecule has 1 aromatic rings. The topological polar surface area (TPSA) is 43.1 Å². The van der Waals surface area contributed by atoms with Crippen LogP contribution in [0.4, 0.5) is 0 Å². The smallest absolute Gasteiger partial charge is 0.228 e. The second kappa shape index (κ2) is 4.40. The Balaban J connectivity index is 1.87. The molecular formula is C21H29NOSi2. The Hall–Kier alpha value is -1.14. The molecule has 2 N–H and O–H groups in total. The highest BCUT2D eigenvalue weighted by molar-refractivity contribution is 7.61. The maximum absolute atomic E-state index is 13.4. The monoisotopic (exact) mass is 367 g/mol. The zero-order valence-electron chi connectivity index (χ0n) is 15.9. The van der Waals surface area contributed by atoms with E-state index in [0.29, 0.717) is 5.92 Å². The summed E-state index contributed by atoms with van der Waals surface area (Å²) in [7, 11) is -2.92. The predicted molar refractivity (Wildman–Crippen MR) is 109 cm³/mol. The lowest BCUT2D eigenvalue weighted by atomic mass is 9.65. The van der Waals surface area contributed by atoms with Gasteiger partial charge in [-0.15, -0.1) is 0 Å². The summed E-state index contributed by atoms with van der Waals surface area (Å²) in [4.78, 5) is 13.4. The van der Waals surface area contributed by atoms with Gasteiger partial charge in [-0.25, -0.2) is 0 Å². The predicted octanol–water partition coefficient (Wildman–Crippen LogP) is 4.20. The number of allylic oxidation sites excluding steroid dienone is 1. The van der Waals surface area contributed by atoms with Crippen molar-refractivity contribution in [3.63, 3.8) is 0 Å². The van der Waals surface area contributed by atoms with Gasteiger partial charge in [0.05, 0.1) is 5.41 Å². The van der Waals surface area contributed by atoms with Crippen molar-refractivity contribution in [2.45, 2.75) is 61.9 Å². The SMILES string of the molecule is C[Si]1(C)C2(C3CCC(C3)C2(C(N)=O)c2cccc3c2C=CC3)[Si]1(C)C. The van der Waals surface area contributed by atoms with E-state index < -0.39 is 15.2 Å². The normalized spacial score (nSPS) is 37.4. The maximum atomic E-state index is 13.4. The maximum Gasteiger partial charge on any atom is 0.228 e. The van der Waals surface area contributed by atoms with E-state index in [9.17, 15) is 4.79 Å². The molecule has 2 saturated carbocycles. The lowest BCUT2D eigenvalue weighted by Gasteiger charge is -2.47. The van der Waals surface area contributed by atoms with Crippen molar-refractivity contribution in [3.8, 4) is 0 Å². The first-order valence-corrected chi connectivity index (χ1v) is 16.8. The lowest BCUT2D eigenvalue weighted by molar-refractivity contribution is -0.126. The highest BCUT2D eigenvalue weighted by atomic mass is 29.3. The fraction of sp³-hybridized carbons (Fsp3) is 0.571. The molecule has 1 aromatic carbocycles. The van der Waals surface area contributed by atoms with Gasteiger partial charge < -0.3 is 5.73 Å². The summed E-state index contributed by atoms with van der Waals surface area (Å²) in [5.41, 5.74) is 10.0. The minimum atomic E-state index is -1.46. The van der Waals surface area contributed by atoms with E-state index >= 15 is 0 Å². The Morgan fingerprint density at radius 1 is 1.12 bits per heavy atom. The van der Waals surface area contributed by atoms with Crippen LogP contribution in [0.25, 0.3) is 6.08 Å². The van der Waals surface area contributed by atoms with E-state index in [4.69, 9.17) is 5.73 Å². The van der Waals surface area contributed by atoms with Gasteiger partial charge in [0.15, 0.2) is 0 Å². The number of rotatable bonds is 2. The average Bonchev–Trinajstić information content (AvgIpc) is 3.15. The number of fused-ring (bicyclic) bond motifs is 4. The number of primary amides is 1. The van der Waals surface area contributed by atoms with Crippen LogP contribution in [-0.2, 0) is 16.6 Å². The Labute approximate surface area is 152 Å². The lowest BCUT2D eigenvalue weighted by Crippen LogP contribution is -2.53. The third kappa shape index (κ3) is 1.35. The molecule has 1 aliphatic heterocycles. The highest BCUT2D eigenvalue weighted by Crippen LogP contribution is 2.88. The summed E-state index contributed by atoms with van der Waals surface area (Å²) < 4.78 is 0.271. The van der Waals surface area contributed by atoms with Gasteiger partial charge in [-0.1, -0.05) is 63.0 Å². The summed E-state index contributed by atoms with van der Waals surface area (Å²) in [5.74, 6) is 1.21. The number of carbonyl (C=O) groups excluding carboxylic acids is 1. The first-order chi connectivity index (χ1) is 11.7. The van der Waals surface area contributed by atoms with Crippen LogP contribution >= 0.6 is 0 Å². The van der Waals surface area contributed by atoms with Gasteiger partial charge in [-0.3, -0.25) is 4.79 Å². The van der Waals surface area contributed by atoms with Crippen molar-refractivity contribution < 1.29 is 4.79 Å². The molecule has 25 heavy (non-hydrogen) atoms. The number of benzene rings is 1. The molecule has 2 bridgehead atoms. The molecule has 0 radical (unpaired) electrons. The van der Waals surface area contributed by atoms with E-state index in [-0.39, 0.29) is 16.0 Å². The first kappa shape index (κ1) is 16.1. The van der Waals surface area contributed by atoms with Crippen LogP contribution in [-0.4, -0.2) is 21.1 Å². The summed E-state index contributed by atoms with van der Waals surface area (Å²) in [5, 5.41) is 0. The summed E-state index contributed by atoms with van der Waals surface area (Å²) in [6.07, 6.45) is 9.28. The molecule has 132 valence electrons. The zero-order valence-corrected chi connectivity index (χ0v) is 17.9. The van der Waals surface area contributed by atoms with E-state index in [1.165, 1.54) is 36.0 Å². The van der Waals surface area contributed by atoms with Gasteiger partial charge in [-0.2, -0.15) is 0 Å². The summed E-state index contributed by atoms with van der Waals surface area (Å²) in [6, 6.07) is 6.66. The van der Waals surface area contributed by atoms with E-state index in [0.717, 1.165) is 12.3 Å². The molecule has 3 atom stereocenters. The standard InChI is InChI=1S/C21H29NOSi2/c1-24(2)21(25(24,3)4)16-12-11-15(13-16)20(21,19(22)23)18-10-6-8-14-7-5-9-17(14)18/h5-6,8-10,15-16H,7,11-13H2,1-4H3,(H2,22,23). The number of nitrogens with two attached hydrogens (primary N) is 1. The molecule has 4 aliphatic rings. The van der Waals surface area contributed by atoms with Gasteiger partial charge in [-0.05, 0) is 52.5 Å². The van der Waals surface area contributed by atoms with Crippen LogP contribution in [0.1, 0.15) is 36.0 Å². The van der Waals surface area contributed by atoms with Crippen molar-refractivity contribution in [3.05, 3.63) is 41.0 Å². The van der Waals surface area contributed by atoms with Crippen LogP contribution in [0.5, 0.6) is 0 Å². The van der Waals surface area contributed by atoms with Crippen LogP contribution in [0.15, 0.2) is 24.3 Å². The number of carbonyl (C=O) groups is 1. The minimum Gasteiger partial charge on any atom is -0.369 e. The quantitative estimate of drug-likeness (QED) is 0.782. The molecule has 3 unspecified atom stereocenters. The number of hydrogen-bond acceptors (Lipinski definition) is 1. The van der Waals surface area contributed by atoms with Gasteiger partial charge in [0, 0.05) is 15.2 Å². The Morgan fingerprint density at radius 3 is 2.44 bits per heavy atom. The van der Waals surface area contributed by atoms with Gasteiger partial charge >= 0.3 is 0 Å². The summed E-state index contributed by atoms with van der Waals surface area (Å²) in [6.45, 7) is 10.3. The van der Waals surface area contributed by atoms with Crippen molar-refractivity contribution in [1.29, 1.82) is 0 Å². The Kier molecular flexibility index (Phi) is 2.83. The second-order valence-corrected chi connectivity index (χ2v) is 26.0. The van der Waals surface area contributed by atoms with Crippen molar-refractivity contribution >= 4 is 27.2 Å². The second-order valence-electron chi connectivity index (χ2n) is 9.92. The molecular weight excluding hydrogens is 338 g/mol. The molecule has 0 aromatic heterocycles. The molecule has 2 nitrogen and oxygen atoms in total. The largest absolute Gasteiger partial charge is 0.369 e. The Morgan fingerprint density at radius 2 is 1.80 bits per heavy atom. The molecule has 4 heteroatoms. The molecule has 3 fully saturated rings. The first-order valence-electron chi connectivity index (χ1n) is 9.83. The number of hydrogen-bond donors (Lipinski definition) is 1. The van der Waals surface area contributed by atoms with E-state index in [1.807, 2.05) is 0 Å². The van der Waals surface area contributed by atoms with Crippen LogP contribution in [0.2, 0.25) is 30.8 Å². The minimum absolute atomic E-state index is 0.00736. The summed E-state index contributed by atoms with van der Waals surface area (Å²) >= 11 is 0. The third-order valence-electron chi connectivity index (χ3n) is 9.38. The van der Waals surface area contributed by atoms with Crippen molar-refractivity contribution in [2.75, 3.05) is 0 Å². The third-order valence-corrected chi connectivity index (χ3v) is 32.3. The van der Waals surface area contributed by atoms with Crippen LogP contribution < -0.4 is 5.73 Å². The van der Waals surface area contributed by atoms with Crippen molar-refractivity contribution in [1.82, 2.24) is 0 Å². The molecule has 1 amide bonds. The van der Waals surface area contributed by atoms with Gasteiger partial charge in [0.1, 0.15) is 0 Å². The fourth-order valence-electron chi connectivity index (χ4n) is 8.37. The molecule has 1 saturated heterocycles. The molecule has 1 spiro atoms. The fourth-order valence-corrected chi connectivity index (χ4v) is 31.6.